The van der Waals surface area contributed by atoms with Gasteiger partial charge in [-0.2, -0.15) is 0 Å². The number of hydrogen-bond donors (Lipinski definition) is 1. The van der Waals surface area contributed by atoms with Crippen molar-refractivity contribution in [1.29, 1.82) is 0 Å². The molecule has 0 aromatic heterocycles. The first-order valence-corrected chi connectivity index (χ1v) is 5.76. The fourth-order valence-electron chi connectivity index (χ4n) is 1.55. The number of phenols is 1. The van der Waals surface area contributed by atoms with E-state index in [9.17, 15) is 9.90 Å². The zero-order valence-corrected chi connectivity index (χ0v) is 10.4. The number of aromatic hydroxyl groups is 1. The van der Waals surface area contributed by atoms with Crippen LogP contribution in [0.3, 0.4) is 0 Å². The Labute approximate surface area is 111 Å². The minimum absolute atomic E-state index is 0.101. The maximum atomic E-state index is 11.0. The highest BCUT2D eigenvalue weighted by molar-refractivity contribution is 5.87. The van der Waals surface area contributed by atoms with E-state index in [2.05, 4.69) is 4.99 Å². The van der Waals surface area contributed by atoms with E-state index in [4.69, 9.17) is 4.74 Å². The fraction of sp³-hybridized carbons (Fsp3) is 0.0667. The Bertz CT molecular complexity index is 620. The molecule has 0 aliphatic carbocycles. The Kier molecular flexibility index (Phi) is 3.93. The van der Waals surface area contributed by atoms with Crippen LogP contribution in [0.4, 0.5) is 5.69 Å². The van der Waals surface area contributed by atoms with Crippen LogP contribution in [0.25, 0.3) is 0 Å². The van der Waals surface area contributed by atoms with E-state index < -0.39 is 0 Å². The molecule has 2 aromatic rings. The highest BCUT2D eigenvalue weighted by Crippen LogP contribution is 2.25. The van der Waals surface area contributed by atoms with Gasteiger partial charge in [-0.1, -0.05) is 24.3 Å². The molecule has 2 rings (SSSR count). The number of carbonyl (C=O) groups is 1. The van der Waals surface area contributed by atoms with Gasteiger partial charge in [0.25, 0.3) is 0 Å². The van der Waals surface area contributed by atoms with Gasteiger partial charge in [0, 0.05) is 18.7 Å². The van der Waals surface area contributed by atoms with Crippen molar-refractivity contribution in [1.82, 2.24) is 0 Å². The van der Waals surface area contributed by atoms with E-state index in [1.807, 2.05) is 6.07 Å². The summed E-state index contributed by atoms with van der Waals surface area (Å²) in [5.41, 5.74) is 1.13. The Hall–Kier alpha value is -2.62. The summed E-state index contributed by atoms with van der Waals surface area (Å²) < 4.78 is 5.07. The molecule has 2 aromatic carbocycles. The van der Waals surface area contributed by atoms with Crippen molar-refractivity contribution in [3.63, 3.8) is 0 Å². The maximum Gasteiger partial charge on any atom is 0.308 e. The third-order valence-corrected chi connectivity index (χ3v) is 2.40. The quantitative estimate of drug-likeness (QED) is 0.521. The first kappa shape index (κ1) is 12.8. The monoisotopic (exact) mass is 255 g/mol. The lowest BCUT2D eigenvalue weighted by atomic mass is 10.2. The van der Waals surface area contributed by atoms with Crippen LogP contribution >= 0.6 is 0 Å². The van der Waals surface area contributed by atoms with Crippen LogP contribution in [-0.4, -0.2) is 17.3 Å². The maximum absolute atomic E-state index is 11.0. The largest absolute Gasteiger partial charge is 0.506 e. The Morgan fingerprint density at radius 2 is 1.84 bits per heavy atom. The number of para-hydroxylation sites is 3. The molecule has 0 radical (unpaired) electrons. The molecule has 0 fully saturated rings. The second kappa shape index (κ2) is 5.82. The fourth-order valence-corrected chi connectivity index (χ4v) is 1.55. The molecule has 0 aliphatic heterocycles. The van der Waals surface area contributed by atoms with E-state index in [-0.39, 0.29) is 11.7 Å². The molecule has 4 heteroatoms. The number of hydrogen-bond acceptors (Lipinski definition) is 4. The van der Waals surface area contributed by atoms with Crippen LogP contribution in [0.5, 0.6) is 11.5 Å². The highest BCUT2D eigenvalue weighted by Gasteiger charge is 2.03. The molecular formula is C15H13NO3. The number of ether oxygens (including phenoxy) is 1. The van der Waals surface area contributed by atoms with Crippen LogP contribution < -0.4 is 4.74 Å². The summed E-state index contributed by atoms with van der Waals surface area (Å²) in [6, 6.07) is 13.8. The molecule has 1 N–H and O–H groups in total. The Morgan fingerprint density at radius 1 is 1.16 bits per heavy atom. The molecule has 0 saturated heterocycles. The van der Waals surface area contributed by atoms with Crippen molar-refractivity contribution in [3.05, 3.63) is 54.1 Å². The standard InChI is InChI=1S/C15H13NO3/c1-11(17)19-15-9-5-2-6-12(15)10-16-13-7-3-4-8-14(13)18/h2-10,18H,1H3. The molecule has 0 heterocycles. The van der Waals surface area contributed by atoms with Gasteiger partial charge in [0.1, 0.15) is 17.2 Å². The number of carbonyl (C=O) groups excluding carboxylic acids is 1. The van der Waals surface area contributed by atoms with E-state index in [1.165, 1.54) is 6.92 Å². The number of esters is 1. The van der Waals surface area contributed by atoms with Crippen molar-refractivity contribution in [3.8, 4) is 11.5 Å². The average molecular weight is 255 g/mol. The minimum Gasteiger partial charge on any atom is -0.506 e. The molecule has 96 valence electrons. The zero-order valence-electron chi connectivity index (χ0n) is 10.4. The summed E-state index contributed by atoms with van der Waals surface area (Å²) in [4.78, 5) is 15.2. The lowest BCUT2D eigenvalue weighted by Gasteiger charge is -2.04. The molecule has 0 atom stereocenters. The van der Waals surface area contributed by atoms with Crippen LogP contribution in [0.15, 0.2) is 53.5 Å². The molecule has 0 bridgehead atoms. The molecule has 19 heavy (non-hydrogen) atoms. The van der Waals surface area contributed by atoms with Gasteiger partial charge in [-0.3, -0.25) is 9.79 Å². The van der Waals surface area contributed by atoms with E-state index >= 15 is 0 Å². The van der Waals surface area contributed by atoms with E-state index in [0.717, 1.165) is 0 Å². The first-order valence-electron chi connectivity index (χ1n) is 5.76. The topological polar surface area (TPSA) is 58.9 Å². The van der Waals surface area contributed by atoms with Crippen molar-refractivity contribution in [2.24, 2.45) is 4.99 Å². The molecule has 0 unspecified atom stereocenters. The summed E-state index contributed by atoms with van der Waals surface area (Å²) in [6.45, 7) is 1.34. The minimum atomic E-state index is -0.386. The predicted molar refractivity (Wildman–Crippen MR) is 73.1 cm³/mol. The van der Waals surface area contributed by atoms with Gasteiger partial charge >= 0.3 is 5.97 Å². The molecular weight excluding hydrogens is 242 g/mol. The van der Waals surface area contributed by atoms with Gasteiger partial charge in [-0.25, -0.2) is 0 Å². The van der Waals surface area contributed by atoms with Crippen molar-refractivity contribution in [2.75, 3.05) is 0 Å². The van der Waals surface area contributed by atoms with Crippen LogP contribution in [-0.2, 0) is 4.79 Å². The molecule has 0 saturated carbocycles. The van der Waals surface area contributed by atoms with E-state index in [0.29, 0.717) is 17.0 Å². The number of rotatable bonds is 3. The van der Waals surface area contributed by atoms with Crippen LogP contribution in [0.1, 0.15) is 12.5 Å². The van der Waals surface area contributed by atoms with E-state index in [1.54, 1.807) is 48.7 Å². The Morgan fingerprint density at radius 3 is 2.58 bits per heavy atom. The van der Waals surface area contributed by atoms with Gasteiger partial charge in [0.05, 0.1) is 0 Å². The second-order valence-electron chi connectivity index (χ2n) is 3.88. The van der Waals surface area contributed by atoms with Gasteiger partial charge in [-0.15, -0.1) is 0 Å². The average Bonchev–Trinajstić information content (AvgIpc) is 2.39. The number of nitrogens with zero attached hydrogens (tertiary/aromatic N) is 1. The predicted octanol–water partition coefficient (Wildman–Crippen LogP) is 3.07. The lowest BCUT2D eigenvalue weighted by molar-refractivity contribution is -0.131. The first-order chi connectivity index (χ1) is 9.16. The van der Waals surface area contributed by atoms with Crippen LogP contribution in [0, 0.1) is 0 Å². The SMILES string of the molecule is CC(=O)Oc1ccccc1C=Nc1ccccc1O. The van der Waals surface area contributed by atoms with Gasteiger partial charge in [0.15, 0.2) is 0 Å². The zero-order chi connectivity index (χ0) is 13.7. The van der Waals surface area contributed by atoms with Crippen molar-refractivity contribution in [2.45, 2.75) is 6.92 Å². The smallest absolute Gasteiger partial charge is 0.308 e. The van der Waals surface area contributed by atoms with Gasteiger partial charge < -0.3 is 9.84 Å². The van der Waals surface area contributed by atoms with Crippen LogP contribution in [0.2, 0.25) is 0 Å². The highest BCUT2D eigenvalue weighted by atomic mass is 16.5. The summed E-state index contributed by atoms with van der Waals surface area (Å²) in [5.74, 6) is 0.154. The second-order valence-corrected chi connectivity index (χ2v) is 3.88. The Balaban J connectivity index is 2.28. The van der Waals surface area contributed by atoms with Gasteiger partial charge in [-0.05, 0) is 24.3 Å². The summed E-state index contributed by atoms with van der Waals surface area (Å²) >= 11 is 0. The molecule has 0 spiro atoms. The van der Waals surface area contributed by atoms with Gasteiger partial charge in [0.2, 0.25) is 0 Å². The molecule has 0 amide bonds. The number of phenolic OH excluding ortho intramolecular Hbond substituents is 1. The third kappa shape index (κ3) is 3.42. The summed E-state index contributed by atoms with van der Waals surface area (Å²) in [6.07, 6.45) is 1.55. The summed E-state index contributed by atoms with van der Waals surface area (Å²) in [5, 5.41) is 9.60. The molecule has 4 nitrogen and oxygen atoms in total. The third-order valence-electron chi connectivity index (χ3n) is 2.40. The number of benzene rings is 2. The van der Waals surface area contributed by atoms with Crippen molar-refractivity contribution < 1.29 is 14.6 Å². The number of aliphatic imine (C=N–C) groups is 1. The lowest BCUT2D eigenvalue weighted by Crippen LogP contribution is -2.03. The normalized spacial score (nSPS) is 10.6. The molecule has 0 aliphatic rings. The summed E-state index contributed by atoms with van der Waals surface area (Å²) in [7, 11) is 0. The van der Waals surface area contributed by atoms with Crippen molar-refractivity contribution >= 4 is 17.9 Å².